The van der Waals surface area contributed by atoms with Crippen LogP contribution in [0.3, 0.4) is 0 Å². The van der Waals surface area contributed by atoms with E-state index in [-0.39, 0.29) is 11.8 Å². The topological polar surface area (TPSA) is 72.3 Å². The molecule has 0 saturated carbocycles. The van der Waals surface area contributed by atoms with Crippen LogP contribution in [0.15, 0.2) is 30.3 Å². The Morgan fingerprint density at radius 3 is 2.79 bits per heavy atom. The van der Waals surface area contributed by atoms with Crippen LogP contribution in [0.1, 0.15) is 42.8 Å². The standard InChI is InChI=1S/C19H18N2O3/c1-19(2)9-10-24-17-8-4-13(11-16(17)19)3-5-14-6-7-15(21-20-14)12-18(22)23/h4,6-8,11H,9-10,12H2,1-2H3,(H,22,23). The van der Waals surface area contributed by atoms with Gasteiger partial charge in [-0.05, 0) is 48.1 Å². The molecule has 1 aliphatic rings. The Balaban J connectivity index is 1.82. The van der Waals surface area contributed by atoms with Crippen LogP contribution in [-0.4, -0.2) is 27.9 Å². The Hall–Kier alpha value is -2.87. The lowest BCUT2D eigenvalue weighted by Crippen LogP contribution is -2.26. The van der Waals surface area contributed by atoms with Crippen molar-refractivity contribution in [3.8, 4) is 17.6 Å². The highest BCUT2D eigenvalue weighted by Gasteiger charge is 2.28. The zero-order valence-corrected chi connectivity index (χ0v) is 13.7. The van der Waals surface area contributed by atoms with Crippen LogP contribution >= 0.6 is 0 Å². The summed E-state index contributed by atoms with van der Waals surface area (Å²) in [5.41, 5.74) is 3.06. The number of carboxylic acid groups (broad SMARTS) is 1. The molecule has 0 bridgehead atoms. The molecule has 0 spiro atoms. The summed E-state index contributed by atoms with van der Waals surface area (Å²) in [4.78, 5) is 10.6. The molecule has 2 heterocycles. The SMILES string of the molecule is CC1(C)CCOc2ccc(C#Cc3ccc(CC(=O)O)nn3)cc21. The molecular weight excluding hydrogens is 304 g/mol. The minimum atomic E-state index is -0.929. The first-order chi connectivity index (χ1) is 11.4. The van der Waals surface area contributed by atoms with E-state index in [1.54, 1.807) is 12.1 Å². The van der Waals surface area contributed by atoms with Crippen molar-refractivity contribution in [3.63, 3.8) is 0 Å². The third-order valence-electron chi connectivity index (χ3n) is 4.08. The summed E-state index contributed by atoms with van der Waals surface area (Å²) in [5.74, 6) is 6.05. The molecule has 0 aliphatic carbocycles. The quantitative estimate of drug-likeness (QED) is 0.860. The Kier molecular flexibility index (Phi) is 4.22. The fraction of sp³-hybridized carbons (Fsp3) is 0.316. The van der Waals surface area contributed by atoms with Gasteiger partial charge in [-0.15, -0.1) is 5.10 Å². The second-order valence-corrected chi connectivity index (χ2v) is 6.42. The number of ether oxygens (including phenoxy) is 1. The van der Waals surface area contributed by atoms with Crippen molar-refractivity contribution < 1.29 is 14.6 Å². The van der Waals surface area contributed by atoms with Crippen molar-refractivity contribution in [1.82, 2.24) is 10.2 Å². The minimum absolute atomic E-state index is 0.0730. The number of nitrogens with zero attached hydrogens (tertiary/aromatic N) is 2. The summed E-state index contributed by atoms with van der Waals surface area (Å²) in [6, 6.07) is 9.27. The van der Waals surface area contributed by atoms with Gasteiger partial charge in [0, 0.05) is 11.1 Å². The van der Waals surface area contributed by atoms with E-state index in [4.69, 9.17) is 9.84 Å². The Bertz CT molecular complexity index is 830. The minimum Gasteiger partial charge on any atom is -0.493 e. The molecule has 0 fully saturated rings. The summed E-state index contributed by atoms with van der Waals surface area (Å²) in [7, 11) is 0. The van der Waals surface area contributed by atoms with Gasteiger partial charge < -0.3 is 9.84 Å². The molecule has 0 unspecified atom stereocenters. The molecule has 1 N–H and O–H groups in total. The molecule has 5 nitrogen and oxygen atoms in total. The highest BCUT2D eigenvalue weighted by molar-refractivity contribution is 5.69. The highest BCUT2D eigenvalue weighted by atomic mass is 16.5. The molecule has 24 heavy (non-hydrogen) atoms. The van der Waals surface area contributed by atoms with E-state index in [1.807, 2.05) is 12.1 Å². The van der Waals surface area contributed by atoms with Gasteiger partial charge in [0.1, 0.15) is 11.4 Å². The lowest BCUT2D eigenvalue weighted by Gasteiger charge is -2.32. The summed E-state index contributed by atoms with van der Waals surface area (Å²) in [6.07, 6.45) is 0.841. The van der Waals surface area contributed by atoms with Gasteiger partial charge in [0.2, 0.25) is 0 Å². The first-order valence-electron chi connectivity index (χ1n) is 7.78. The van der Waals surface area contributed by atoms with Crippen LogP contribution < -0.4 is 4.74 Å². The number of rotatable bonds is 2. The van der Waals surface area contributed by atoms with Gasteiger partial charge in [0.15, 0.2) is 0 Å². The van der Waals surface area contributed by atoms with Crippen molar-refractivity contribution >= 4 is 5.97 Å². The molecule has 0 saturated heterocycles. The van der Waals surface area contributed by atoms with E-state index >= 15 is 0 Å². The van der Waals surface area contributed by atoms with Crippen LogP contribution in [0.4, 0.5) is 0 Å². The van der Waals surface area contributed by atoms with E-state index in [9.17, 15) is 4.79 Å². The summed E-state index contributed by atoms with van der Waals surface area (Å²) in [5, 5.41) is 16.5. The molecule has 122 valence electrons. The Morgan fingerprint density at radius 1 is 1.25 bits per heavy atom. The number of fused-ring (bicyclic) bond motifs is 1. The van der Waals surface area contributed by atoms with Gasteiger partial charge >= 0.3 is 5.97 Å². The maximum absolute atomic E-state index is 10.6. The Morgan fingerprint density at radius 2 is 2.08 bits per heavy atom. The van der Waals surface area contributed by atoms with E-state index in [1.165, 1.54) is 5.56 Å². The molecule has 0 amide bonds. The first-order valence-corrected chi connectivity index (χ1v) is 7.78. The number of benzene rings is 1. The predicted molar refractivity (Wildman–Crippen MR) is 88.9 cm³/mol. The summed E-state index contributed by atoms with van der Waals surface area (Å²) < 4.78 is 5.70. The molecule has 1 aromatic heterocycles. The van der Waals surface area contributed by atoms with Crippen LogP contribution in [0.25, 0.3) is 0 Å². The third kappa shape index (κ3) is 3.54. The van der Waals surface area contributed by atoms with E-state index < -0.39 is 5.97 Å². The van der Waals surface area contributed by atoms with Crippen molar-refractivity contribution in [2.45, 2.75) is 32.1 Å². The maximum Gasteiger partial charge on any atom is 0.309 e. The van der Waals surface area contributed by atoms with Crippen molar-refractivity contribution in [1.29, 1.82) is 0 Å². The summed E-state index contributed by atoms with van der Waals surface area (Å²) >= 11 is 0. The average molecular weight is 322 g/mol. The van der Waals surface area contributed by atoms with Crippen LogP contribution in [0.5, 0.6) is 5.75 Å². The first kappa shape index (κ1) is 16.0. The van der Waals surface area contributed by atoms with Gasteiger partial charge in [-0.25, -0.2) is 0 Å². The molecule has 0 atom stereocenters. The summed E-state index contributed by atoms with van der Waals surface area (Å²) in [6.45, 7) is 5.15. The Labute approximate surface area is 140 Å². The number of aliphatic carboxylic acids is 1. The molecule has 3 rings (SSSR count). The van der Waals surface area contributed by atoms with Crippen molar-refractivity contribution in [2.75, 3.05) is 6.61 Å². The second kappa shape index (κ2) is 6.32. The lowest BCUT2D eigenvalue weighted by atomic mass is 9.79. The number of hydrogen-bond donors (Lipinski definition) is 1. The number of carboxylic acids is 1. The van der Waals surface area contributed by atoms with Crippen LogP contribution in [0, 0.1) is 11.8 Å². The van der Waals surface area contributed by atoms with Gasteiger partial charge in [0.25, 0.3) is 0 Å². The second-order valence-electron chi connectivity index (χ2n) is 6.42. The fourth-order valence-corrected chi connectivity index (χ4v) is 2.63. The van der Waals surface area contributed by atoms with Gasteiger partial charge in [-0.1, -0.05) is 19.8 Å². The molecular formula is C19H18N2O3. The highest BCUT2D eigenvalue weighted by Crippen LogP contribution is 2.38. The molecule has 0 radical (unpaired) electrons. The van der Waals surface area contributed by atoms with Gasteiger partial charge in [0.05, 0.1) is 18.7 Å². The molecule has 1 aromatic carbocycles. The van der Waals surface area contributed by atoms with E-state index in [0.29, 0.717) is 11.4 Å². The van der Waals surface area contributed by atoms with Crippen molar-refractivity contribution in [2.24, 2.45) is 0 Å². The number of hydrogen-bond acceptors (Lipinski definition) is 4. The van der Waals surface area contributed by atoms with Crippen molar-refractivity contribution in [3.05, 3.63) is 52.8 Å². The van der Waals surface area contributed by atoms with Crippen LogP contribution in [0.2, 0.25) is 0 Å². The molecule has 2 aromatic rings. The average Bonchev–Trinajstić information content (AvgIpc) is 2.54. The monoisotopic (exact) mass is 322 g/mol. The zero-order chi connectivity index (χ0) is 17.2. The zero-order valence-electron chi connectivity index (χ0n) is 13.7. The molecule has 1 aliphatic heterocycles. The third-order valence-corrected chi connectivity index (χ3v) is 4.08. The number of carbonyl (C=O) groups is 1. The predicted octanol–water partition coefficient (Wildman–Crippen LogP) is 2.56. The normalized spacial score (nSPS) is 14.8. The lowest BCUT2D eigenvalue weighted by molar-refractivity contribution is -0.136. The largest absolute Gasteiger partial charge is 0.493 e. The van der Waals surface area contributed by atoms with E-state index in [2.05, 4.69) is 42.0 Å². The van der Waals surface area contributed by atoms with Gasteiger partial charge in [-0.3, -0.25) is 4.79 Å². The maximum atomic E-state index is 10.6. The van der Waals surface area contributed by atoms with Gasteiger partial charge in [-0.2, -0.15) is 5.10 Å². The molecule has 5 heteroatoms. The number of aromatic nitrogens is 2. The van der Waals surface area contributed by atoms with E-state index in [0.717, 1.165) is 24.3 Å². The smallest absolute Gasteiger partial charge is 0.309 e. The fourth-order valence-electron chi connectivity index (χ4n) is 2.63. The van der Waals surface area contributed by atoms with Crippen LogP contribution in [-0.2, 0) is 16.6 Å².